The fourth-order valence-corrected chi connectivity index (χ4v) is 4.22. The van der Waals surface area contributed by atoms with Crippen LogP contribution in [0.15, 0.2) is 53.3 Å². The first kappa shape index (κ1) is 23.3. The molecule has 1 amide bonds. The van der Waals surface area contributed by atoms with E-state index in [1.54, 1.807) is 49.6 Å². The number of hydrogen-bond acceptors (Lipinski definition) is 5. The molecule has 0 bridgehead atoms. The third kappa shape index (κ3) is 5.28. The van der Waals surface area contributed by atoms with Gasteiger partial charge in [0, 0.05) is 11.6 Å². The maximum Gasteiger partial charge on any atom is 0.273 e. The molecule has 8 heteroatoms. The van der Waals surface area contributed by atoms with Crippen LogP contribution >= 0.6 is 22.9 Å². The van der Waals surface area contributed by atoms with Crippen LogP contribution in [0.2, 0.25) is 5.02 Å². The van der Waals surface area contributed by atoms with Gasteiger partial charge < -0.3 is 10.1 Å². The molecule has 32 heavy (non-hydrogen) atoms. The normalized spacial score (nSPS) is 12.4. The lowest BCUT2D eigenvalue weighted by molar-refractivity contribution is -0.115. The number of nitrogens with one attached hydrogen (secondary N) is 1. The van der Waals surface area contributed by atoms with E-state index < -0.39 is 5.91 Å². The second-order valence-corrected chi connectivity index (χ2v) is 8.87. The van der Waals surface area contributed by atoms with Crippen molar-refractivity contribution in [2.75, 3.05) is 13.7 Å². The van der Waals surface area contributed by atoms with Crippen molar-refractivity contribution in [3.63, 3.8) is 0 Å². The van der Waals surface area contributed by atoms with Gasteiger partial charge in [0.1, 0.15) is 16.5 Å². The fourth-order valence-electron chi connectivity index (χ4n) is 2.93. The number of rotatable bonds is 6. The van der Waals surface area contributed by atoms with E-state index >= 15 is 0 Å². The van der Waals surface area contributed by atoms with Gasteiger partial charge in [-0.15, -0.1) is 11.3 Å². The van der Waals surface area contributed by atoms with E-state index in [1.165, 1.54) is 4.57 Å². The van der Waals surface area contributed by atoms with Crippen molar-refractivity contribution in [2.24, 2.45) is 5.92 Å². The molecule has 1 heterocycles. The minimum absolute atomic E-state index is 0.123. The van der Waals surface area contributed by atoms with Crippen LogP contribution in [0.25, 0.3) is 17.3 Å². The summed E-state index contributed by atoms with van der Waals surface area (Å²) >= 11 is 7.23. The van der Waals surface area contributed by atoms with Gasteiger partial charge >= 0.3 is 0 Å². The van der Waals surface area contributed by atoms with Gasteiger partial charge in [-0.25, -0.2) is 0 Å². The molecule has 0 saturated carbocycles. The SMILES string of the molecule is COc1ccc(C=c2sc(=C(C#N)C(=O)NCC(C)C)n(-c3cccc(Cl)c3)c2=O)cc1. The summed E-state index contributed by atoms with van der Waals surface area (Å²) in [6.07, 6.45) is 1.72. The number of methoxy groups -OCH3 is 1. The van der Waals surface area contributed by atoms with E-state index in [9.17, 15) is 14.9 Å². The molecule has 0 fully saturated rings. The maximum absolute atomic E-state index is 13.4. The zero-order chi connectivity index (χ0) is 23.3. The van der Waals surface area contributed by atoms with E-state index in [0.29, 0.717) is 27.5 Å². The molecule has 6 nitrogen and oxygen atoms in total. The Morgan fingerprint density at radius 3 is 2.59 bits per heavy atom. The first-order valence-corrected chi connectivity index (χ1v) is 11.1. The molecule has 0 spiro atoms. The summed E-state index contributed by atoms with van der Waals surface area (Å²) < 4.78 is 7.17. The number of carbonyl (C=O) groups excluding carboxylic acids is 1. The number of nitriles is 1. The Kier molecular flexibility index (Phi) is 7.52. The van der Waals surface area contributed by atoms with Crippen molar-refractivity contribution in [1.82, 2.24) is 9.88 Å². The van der Waals surface area contributed by atoms with E-state index in [1.807, 2.05) is 32.0 Å². The summed E-state index contributed by atoms with van der Waals surface area (Å²) in [7, 11) is 1.58. The first-order chi connectivity index (χ1) is 15.3. The van der Waals surface area contributed by atoms with Crippen molar-refractivity contribution < 1.29 is 9.53 Å². The highest BCUT2D eigenvalue weighted by molar-refractivity contribution is 7.07. The summed E-state index contributed by atoms with van der Waals surface area (Å²) in [6.45, 7) is 4.34. The maximum atomic E-state index is 13.4. The third-order valence-corrected chi connectivity index (χ3v) is 5.85. The third-order valence-electron chi connectivity index (χ3n) is 4.53. The number of ether oxygens (including phenoxy) is 1. The Morgan fingerprint density at radius 2 is 2.00 bits per heavy atom. The number of nitrogens with zero attached hydrogens (tertiary/aromatic N) is 2. The second kappa shape index (κ2) is 10.3. The molecule has 0 saturated heterocycles. The summed E-state index contributed by atoms with van der Waals surface area (Å²) in [4.78, 5) is 26.1. The standard InChI is InChI=1S/C24H22ClN3O3S/c1-15(2)14-27-22(29)20(13-26)24-28(18-6-4-5-17(25)12-18)23(30)21(32-24)11-16-7-9-19(31-3)10-8-16/h4-12,15H,14H2,1-3H3,(H,27,29). The van der Waals surface area contributed by atoms with Gasteiger partial charge in [-0.1, -0.05) is 43.6 Å². The number of thiazole rings is 1. The minimum Gasteiger partial charge on any atom is -0.497 e. The van der Waals surface area contributed by atoms with Crippen LogP contribution in [0.3, 0.4) is 0 Å². The van der Waals surface area contributed by atoms with Crippen molar-refractivity contribution in [1.29, 1.82) is 5.26 Å². The van der Waals surface area contributed by atoms with Crippen LogP contribution in [0.4, 0.5) is 0 Å². The summed E-state index contributed by atoms with van der Waals surface area (Å²) in [5, 5.41) is 13.0. The van der Waals surface area contributed by atoms with Crippen LogP contribution in [0.5, 0.6) is 5.75 Å². The number of hydrogen-bond donors (Lipinski definition) is 1. The molecule has 3 aromatic rings. The molecule has 3 rings (SSSR count). The number of aromatic nitrogens is 1. The molecule has 0 radical (unpaired) electrons. The smallest absolute Gasteiger partial charge is 0.273 e. The zero-order valence-electron chi connectivity index (χ0n) is 17.9. The Hall–Kier alpha value is -3.34. The Morgan fingerprint density at radius 1 is 1.28 bits per heavy atom. The van der Waals surface area contributed by atoms with Gasteiger partial charge in [0.25, 0.3) is 11.5 Å². The molecule has 2 aromatic carbocycles. The molecule has 164 valence electrons. The van der Waals surface area contributed by atoms with Gasteiger partial charge in [0.2, 0.25) is 0 Å². The predicted octanol–water partition coefficient (Wildman–Crippen LogP) is 2.84. The molecule has 1 aromatic heterocycles. The predicted molar refractivity (Wildman–Crippen MR) is 128 cm³/mol. The lowest BCUT2D eigenvalue weighted by Gasteiger charge is -2.07. The lowest BCUT2D eigenvalue weighted by atomic mass is 10.2. The number of halogens is 1. The minimum atomic E-state index is -0.519. The van der Waals surface area contributed by atoms with Gasteiger partial charge in [-0.3, -0.25) is 14.2 Å². The average Bonchev–Trinajstić information content (AvgIpc) is 3.09. The first-order valence-electron chi connectivity index (χ1n) is 9.90. The summed E-state index contributed by atoms with van der Waals surface area (Å²) in [5.41, 5.74) is 0.804. The quantitative estimate of drug-likeness (QED) is 0.604. The van der Waals surface area contributed by atoms with Gasteiger partial charge in [0.15, 0.2) is 5.57 Å². The van der Waals surface area contributed by atoms with Crippen molar-refractivity contribution in [2.45, 2.75) is 13.8 Å². The number of carbonyl (C=O) groups is 1. The molecule has 0 unspecified atom stereocenters. The van der Waals surface area contributed by atoms with Crippen molar-refractivity contribution in [3.05, 3.63) is 78.7 Å². The largest absolute Gasteiger partial charge is 0.497 e. The van der Waals surface area contributed by atoms with Crippen LogP contribution < -0.4 is 24.8 Å². The van der Waals surface area contributed by atoms with Crippen LogP contribution in [0, 0.1) is 17.2 Å². The number of amides is 1. The van der Waals surface area contributed by atoms with Crippen molar-refractivity contribution in [3.8, 4) is 17.5 Å². The van der Waals surface area contributed by atoms with Gasteiger partial charge in [0.05, 0.1) is 17.3 Å². The molecule has 0 aliphatic rings. The molecule has 0 aliphatic heterocycles. The van der Waals surface area contributed by atoms with Crippen molar-refractivity contribution >= 4 is 40.5 Å². The molecule has 0 aliphatic carbocycles. The van der Waals surface area contributed by atoms with Crippen LogP contribution in [-0.2, 0) is 4.79 Å². The highest BCUT2D eigenvalue weighted by Gasteiger charge is 2.17. The summed E-state index contributed by atoms with van der Waals surface area (Å²) in [5.74, 6) is 0.401. The Labute approximate surface area is 194 Å². The second-order valence-electron chi connectivity index (χ2n) is 7.40. The molecule has 0 atom stereocenters. The fraction of sp³-hybridized carbons (Fsp3) is 0.208. The molecular formula is C24H22ClN3O3S. The monoisotopic (exact) mass is 467 g/mol. The van der Waals surface area contributed by atoms with E-state index in [4.69, 9.17) is 16.3 Å². The van der Waals surface area contributed by atoms with Gasteiger partial charge in [-0.2, -0.15) is 5.26 Å². The van der Waals surface area contributed by atoms with Crippen LogP contribution in [-0.4, -0.2) is 24.1 Å². The lowest BCUT2D eigenvalue weighted by Crippen LogP contribution is -2.34. The van der Waals surface area contributed by atoms with E-state index in [-0.39, 0.29) is 21.7 Å². The van der Waals surface area contributed by atoms with Crippen LogP contribution in [0.1, 0.15) is 19.4 Å². The average molecular weight is 468 g/mol. The number of benzene rings is 2. The summed E-state index contributed by atoms with van der Waals surface area (Å²) in [6, 6.07) is 16.0. The molecule has 1 N–H and O–H groups in total. The highest BCUT2D eigenvalue weighted by atomic mass is 35.5. The zero-order valence-corrected chi connectivity index (χ0v) is 19.5. The molecular weight excluding hydrogens is 446 g/mol. The van der Waals surface area contributed by atoms with Gasteiger partial charge in [-0.05, 0) is 47.9 Å². The highest BCUT2D eigenvalue weighted by Crippen LogP contribution is 2.14. The Balaban J connectivity index is 2.29. The van der Waals surface area contributed by atoms with E-state index in [2.05, 4.69) is 5.32 Å². The Bertz CT molecular complexity index is 1350. The topological polar surface area (TPSA) is 84.1 Å². The van der Waals surface area contributed by atoms with E-state index in [0.717, 1.165) is 16.9 Å².